The minimum absolute atomic E-state index is 0.0493. The van der Waals surface area contributed by atoms with E-state index in [9.17, 15) is 4.79 Å². The molecule has 1 atom stereocenters. The molecule has 4 nitrogen and oxygen atoms in total. The van der Waals surface area contributed by atoms with Gasteiger partial charge in [-0.15, -0.1) is 0 Å². The topological polar surface area (TPSA) is 42.8 Å². The first-order valence-electron chi connectivity index (χ1n) is 6.25. The van der Waals surface area contributed by atoms with Gasteiger partial charge >= 0.3 is 0 Å². The van der Waals surface area contributed by atoms with Gasteiger partial charge in [-0.1, -0.05) is 0 Å². The number of hydrogen-bond donors (Lipinski definition) is 2. The summed E-state index contributed by atoms with van der Waals surface area (Å²) in [6, 6.07) is 5.81. The average Bonchev–Trinajstić information content (AvgIpc) is 2.26. The van der Waals surface area contributed by atoms with Crippen molar-refractivity contribution in [2.24, 2.45) is 0 Å². The Balaban J connectivity index is 2.22. The summed E-state index contributed by atoms with van der Waals surface area (Å²) in [7, 11) is 0. The van der Waals surface area contributed by atoms with E-state index in [0.29, 0.717) is 6.73 Å². The standard InChI is InChI=1S/C14H20N2O2/c1-10(17)15-12-5-6-13-11(7-12)8-16(9-18-13)14(2,3)4/h5-7H,8-9H2,1-4H3,(H,15,17)/p+1. The van der Waals surface area contributed by atoms with Gasteiger partial charge in [0, 0.05) is 12.6 Å². The third-order valence-corrected chi connectivity index (χ3v) is 3.25. The molecule has 0 fully saturated rings. The van der Waals surface area contributed by atoms with Crippen LogP contribution in [-0.2, 0) is 11.3 Å². The third kappa shape index (κ3) is 2.82. The maximum Gasteiger partial charge on any atom is 0.223 e. The van der Waals surface area contributed by atoms with E-state index in [-0.39, 0.29) is 11.4 Å². The molecule has 0 saturated heterocycles. The van der Waals surface area contributed by atoms with Crippen molar-refractivity contribution >= 4 is 11.6 Å². The molecule has 2 N–H and O–H groups in total. The van der Waals surface area contributed by atoms with Crippen molar-refractivity contribution in [1.82, 2.24) is 0 Å². The van der Waals surface area contributed by atoms with Crippen molar-refractivity contribution in [3.8, 4) is 5.75 Å². The number of ether oxygens (including phenoxy) is 1. The quantitative estimate of drug-likeness (QED) is 0.785. The van der Waals surface area contributed by atoms with Crippen molar-refractivity contribution in [3.63, 3.8) is 0 Å². The summed E-state index contributed by atoms with van der Waals surface area (Å²) < 4.78 is 5.77. The van der Waals surface area contributed by atoms with Crippen LogP contribution < -0.4 is 15.0 Å². The zero-order valence-electron chi connectivity index (χ0n) is 11.5. The van der Waals surface area contributed by atoms with Crippen LogP contribution >= 0.6 is 0 Å². The van der Waals surface area contributed by atoms with Crippen LogP contribution in [0.5, 0.6) is 5.75 Å². The van der Waals surface area contributed by atoms with E-state index in [2.05, 4.69) is 26.1 Å². The van der Waals surface area contributed by atoms with Crippen molar-refractivity contribution in [2.75, 3.05) is 12.0 Å². The maximum atomic E-state index is 11.1. The van der Waals surface area contributed by atoms with E-state index in [4.69, 9.17) is 4.74 Å². The van der Waals surface area contributed by atoms with Crippen molar-refractivity contribution in [3.05, 3.63) is 23.8 Å². The third-order valence-electron chi connectivity index (χ3n) is 3.25. The first-order valence-corrected chi connectivity index (χ1v) is 6.25. The van der Waals surface area contributed by atoms with Gasteiger partial charge in [-0.2, -0.15) is 0 Å². The molecular formula is C14H21N2O2+. The molecule has 1 aromatic carbocycles. The number of anilines is 1. The number of benzene rings is 1. The highest BCUT2D eigenvalue weighted by Gasteiger charge is 2.30. The van der Waals surface area contributed by atoms with Crippen molar-refractivity contribution in [2.45, 2.75) is 39.8 Å². The molecule has 0 bridgehead atoms. The van der Waals surface area contributed by atoms with Crippen LogP contribution in [0.4, 0.5) is 5.69 Å². The van der Waals surface area contributed by atoms with E-state index in [1.807, 2.05) is 18.2 Å². The van der Waals surface area contributed by atoms with E-state index < -0.39 is 0 Å². The summed E-state index contributed by atoms with van der Waals surface area (Å²) in [5, 5.41) is 2.80. The smallest absolute Gasteiger partial charge is 0.223 e. The number of hydrogen-bond acceptors (Lipinski definition) is 2. The molecule has 1 aliphatic rings. The number of carbonyl (C=O) groups excluding carboxylic acids is 1. The molecule has 1 aliphatic heterocycles. The van der Waals surface area contributed by atoms with Gasteiger partial charge in [-0.25, -0.2) is 0 Å². The molecule has 0 saturated carbocycles. The molecular weight excluding hydrogens is 228 g/mol. The Morgan fingerprint density at radius 3 is 2.72 bits per heavy atom. The largest absolute Gasteiger partial charge is 0.445 e. The molecule has 0 radical (unpaired) electrons. The second-order valence-corrected chi connectivity index (χ2v) is 5.82. The summed E-state index contributed by atoms with van der Waals surface area (Å²) >= 11 is 0. The summed E-state index contributed by atoms with van der Waals surface area (Å²) in [5.74, 6) is 0.879. The number of nitrogens with one attached hydrogen (secondary N) is 2. The first kappa shape index (κ1) is 12.9. The number of carbonyl (C=O) groups is 1. The fourth-order valence-corrected chi connectivity index (χ4v) is 2.07. The van der Waals surface area contributed by atoms with Crippen LogP contribution in [0.1, 0.15) is 33.3 Å². The summed E-state index contributed by atoms with van der Waals surface area (Å²) in [6.45, 7) is 9.74. The highest BCUT2D eigenvalue weighted by atomic mass is 16.5. The Morgan fingerprint density at radius 2 is 2.11 bits per heavy atom. The molecule has 1 aromatic rings. The fourth-order valence-electron chi connectivity index (χ4n) is 2.07. The molecule has 98 valence electrons. The molecule has 0 spiro atoms. The predicted molar refractivity (Wildman–Crippen MR) is 70.7 cm³/mol. The lowest BCUT2D eigenvalue weighted by Crippen LogP contribution is -3.19. The van der Waals surface area contributed by atoms with Gasteiger partial charge in [-0.05, 0) is 39.0 Å². The monoisotopic (exact) mass is 249 g/mol. The highest BCUT2D eigenvalue weighted by Crippen LogP contribution is 2.24. The van der Waals surface area contributed by atoms with E-state index in [0.717, 1.165) is 23.5 Å². The molecule has 1 amide bonds. The van der Waals surface area contributed by atoms with E-state index >= 15 is 0 Å². The van der Waals surface area contributed by atoms with Crippen molar-refractivity contribution < 1.29 is 14.4 Å². The van der Waals surface area contributed by atoms with Gasteiger partial charge in [0.2, 0.25) is 12.6 Å². The lowest BCUT2D eigenvalue weighted by molar-refractivity contribution is -0.976. The maximum absolute atomic E-state index is 11.1. The first-order chi connectivity index (χ1) is 8.36. The number of quaternary nitrogens is 1. The number of fused-ring (bicyclic) bond motifs is 1. The van der Waals surface area contributed by atoms with Gasteiger partial charge < -0.3 is 10.1 Å². The molecule has 4 heteroatoms. The molecule has 18 heavy (non-hydrogen) atoms. The SMILES string of the molecule is CC(=O)Nc1ccc2c(c1)C[NH+](C(C)(C)C)CO2. The number of rotatable bonds is 1. The second kappa shape index (κ2) is 4.61. The van der Waals surface area contributed by atoms with Crippen LogP contribution in [-0.4, -0.2) is 18.2 Å². The Kier molecular flexibility index (Phi) is 3.30. The molecule has 2 rings (SSSR count). The van der Waals surface area contributed by atoms with Crippen LogP contribution in [0.25, 0.3) is 0 Å². The number of amides is 1. The summed E-state index contributed by atoms with van der Waals surface area (Å²) in [5.41, 5.74) is 2.14. The minimum Gasteiger partial charge on any atom is -0.445 e. The van der Waals surface area contributed by atoms with Gasteiger partial charge in [0.1, 0.15) is 12.3 Å². The van der Waals surface area contributed by atoms with Gasteiger partial charge in [0.15, 0.2) is 0 Å². The predicted octanol–water partition coefficient (Wildman–Crippen LogP) is 1.18. The Bertz CT molecular complexity index is 463. The molecule has 1 heterocycles. The summed E-state index contributed by atoms with van der Waals surface area (Å²) in [6.07, 6.45) is 0. The van der Waals surface area contributed by atoms with E-state index in [1.54, 1.807) is 0 Å². The summed E-state index contributed by atoms with van der Waals surface area (Å²) in [4.78, 5) is 12.4. The Morgan fingerprint density at radius 1 is 1.39 bits per heavy atom. The van der Waals surface area contributed by atoms with Crippen LogP contribution in [0, 0.1) is 0 Å². The van der Waals surface area contributed by atoms with Gasteiger partial charge in [0.25, 0.3) is 0 Å². The van der Waals surface area contributed by atoms with Gasteiger partial charge in [-0.3, -0.25) is 9.69 Å². The Hall–Kier alpha value is -1.55. The second-order valence-electron chi connectivity index (χ2n) is 5.82. The van der Waals surface area contributed by atoms with Gasteiger partial charge in [0.05, 0.1) is 11.1 Å². The molecule has 1 unspecified atom stereocenters. The lowest BCUT2D eigenvalue weighted by Gasteiger charge is -2.35. The average molecular weight is 249 g/mol. The van der Waals surface area contributed by atoms with Crippen LogP contribution in [0.3, 0.4) is 0 Å². The van der Waals surface area contributed by atoms with Crippen LogP contribution in [0.15, 0.2) is 18.2 Å². The van der Waals surface area contributed by atoms with Crippen molar-refractivity contribution in [1.29, 1.82) is 0 Å². The van der Waals surface area contributed by atoms with Crippen LogP contribution in [0.2, 0.25) is 0 Å². The zero-order valence-corrected chi connectivity index (χ0v) is 11.5. The zero-order chi connectivity index (χ0) is 13.3. The lowest BCUT2D eigenvalue weighted by atomic mass is 10.0. The minimum atomic E-state index is -0.0493. The highest BCUT2D eigenvalue weighted by molar-refractivity contribution is 5.88. The Labute approximate surface area is 108 Å². The normalized spacial score (nSPS) is 18.8. The van der Waals surface area contributed by atoms with E-state index in [1.165, 1.54) is 11.8 Å². The molecule has 0 aliphatic carbocycles. The fraction of sp³-hybridized carbons (Fsp3) is 0.500. The molecule has 0 aromatic heterocycles.